The first-order valence-corrected chi connectivity index (χ1v) is 9.93. The number of quaternary nitrogens is 1. The van der Waals surface area contributed by atoms with Crippen molar-refractivity contribution in [1.29, 1.82) is 0 Å². The highest BCUT2D eigenvalue weighted by atomic mass is 32.1. The monoisotopic (exact) mass is 396 g/mol. The van der Waals surface area contributed by atoms with Gasteiger partial charge in [-0.1, -0.05) is 29.9 Å². The molecule has 144 valence electrons. The fourth-order valence-electron chi connectivity index (χ4n) is 3.92. The Bertz CT molecular complexity index is 945. The Morgan fingerprint density at radius 3 is 2.32 bits per heavy atom. The molecule has 1 fully saturated rings. The van der Waals surface area contributed by atoms with Crippen molar-refractivity contribution < 1.29 is 14.1 Å². The molecule has 6 heteroatoms. The summed E-state index contributed by atoms with van der Waals surface area (Å²) in [5.41, 5.74) is 2.41. The van der Waals surface area contributed by atoms with Crippen LogP contribution in [0.25, 0.3) is 0 Å². The molecule has 0 aromatic heterocycles. The lowest BCUT2D eigenvalue weighted by Crippen LogP contribution is -3.10. The third-order valence-corrected chi connectivity index (χ3v) is 6.04. The summed E-state index contributed by atoms with van der Waals surface area (Å²) in [5.74, 6) is -0.427. The van der Waals surface area contributed by atoms with Gasteiger partial charge in [-0.3, -0.25) is 14.7 Å². The van der Waals surface area contributed by atoms with E-state index in [1.54, 1.807) is 17.0 Å². The molecule has 4 rings (SSSR count). The number of amides is 1. The number of piperidine rings is 1. The molecule has 1 amide bonds. The Morgan fingerprint density at radius 2 is 1.71 bits per heavy atom. The van der Waals surface area contributed by atoms with Crippen molar-refractivity contribution in [1.82, 2.24) is 4.90 Å². The van der Waals surface area contributed by atoms with E-state index in [4.69, 9.17) is 17.2 Å². The van der Waals surface area contributed by atoms with E-state index in [1.165, 1.54) is 17.0 Å². The largest absolute Gasteiger partial charge is 0.337 e. The Hall–Kier alpha value is -2.44. The van der Waals surface area contributed by atoms with Crippen molar-refractivity contribution in [2.24, 2.45) is 4.99 Å². The Kier molecular flexibility index (Phi) is 4.85. The zero-order valence-electron chi connectivity index (χ0n) is 16.0. The Balaban J connectivity index is 1.76. The normalized spacial score (nSPS) is 24.5. The predicted octanol–water partition coefficient (Wildman–Crippen LogP) is 2.41. The summed E-state index contributed by atoms with van der Waals surface area (Å²) < 4.78 is 13.4. The van der Waals surface area contributed by atoms with Crippen LogP contribution in [-0.2, 0) is 0 Å². The molecule has 0 aliphatic carbocycles. The van der Waals surface area contributed by atoms with Gasteiger partial charge in [-0.2, -0.15) is 0 Å². The molecular weight excluding hydrogens is 373 g/mol. The molecule has 1 saturated heterocycles. The van der Waals surface area contributed by atoms with Crippen molar-refractivity contribution in [2.45, 2.75) is 25.4 Å². The van der Waals surface area contributed by atoms with E-state index in [-0.39, 0.29) is 11.7 Å². The molecule has 0 unspecified atom stereocenters. The molecule has 0 bridgehead atoms. The van der Waals surface area contributed by atoms with Crippen molar-refractivity contribution in [3.05, 3.63) is 71.0 Å². The SMILES string of the molecule is Cc1ccc(C(=O)N2C(=S)C(c3ccc(F)cc3)=NC23CC[NH+](C)CC3)cc1. The van der Waals surface area contributed by atoms with Gasteiger partial charge < -0.3 is 4.90 Å². The summed E-state index contributed by atoms with van der Waals surface area (Å²) >= 11 is 5.74. The second-order valence-electron chi connectivity index (χ2n) is 7.72. The summed E-state index contributed by atoms with van der Waals surface area (Å²) in [5, 5.41) is 0. The van der Waals surface area contributed by atoms with Crippen LogP contribution in [0.4, 0.5) is 4.39 Å². The number of aryl methyl sites for hydroxylation is 1. The van der Waals surface area contributed by atoms with Crippen LogP contribution in [0.15, 0.2) is 53.5 Å². The number of halogens is 1. The van der Waals surface area contributed by atoms with Gasteiger partial charge in [-0.05, 0) is 43.3 Å². The summed E-state index contributed by atoms with van der Waals surface area (Å²) in [6, 6.07) is 13.7. The van der Waals surface area contributed by atoms with Gasteiger partial charge >= 0.3 is 0 Å². The van der Waals surface area contributed by atoms with Gasteiger partial charge in [0, 0.05) is 24.0 Å². The molecule has 1 spiro atoms. The van der Waals surface area contributed by atoms with Crippen LogP contribution >= 0.6 is 12.2 Å². The second-order valence-corrected chi connectivity index (χ2v) is 8.11. The number of nitrogens with one attached hydrogen (secondary N) is 1. The first-order valence-electron chi connectivity index (χ1n) is 9.52. The molecular formula is C22H23FN3OS+. The molecule has 0 saturated carbocycles. The average molecular weight is 397 g/mol. The molecule has 0 radical (unpaired) electrons. The molecule has 2 aliphatic rings. The number of aliphatic imine (C=N–C) groups is 1. The lowest BCUT2D eigenvalue weighted by atomic mass is 9.95. The number of nitrogens with zero attached hydrogens (tertiary/aromatic N) is 2. The first kappa shape index (κ1) is 18.9. The average Bonchev–Trinajstić information content (AvgIpc) is 2.97. The van der Waals surface area contributed by atoms with Gasteiger partial charge in [0.1, 0.15) is 16.5 Å². The lowest BCUT2D eigenvalue weighted by molar-refractivity contribution is -0.886. The smallest absolute Gasteiger partial charge is 0.260 e. The number of carbonyl (C=O) groups is 1. The number of thiocarbonyl (C=S) groups is 1. The van der Waals surface area contributed by atoms with Crippen LogP contribution in [0, 0.1) is 12.7 Å². The van der Waals surface area contributed by atoms with Gasteiger partial charge in [0.25, 0.3) is 5.91 Å². The van der Waals surface area contributed by atoms with E-state index in [0.29, 0.717) is 16.3 Å². The van der Waals surface area contributed by atoms with Crippen LogP contribution in [0.5, 0.6) is 0 Å². The predicted molar refractivity (Wildman–Crippen MR) is 111 cm³/mol. The van der Waals surface area contributed by atoms with Crippen LogP contribution < -0.4 is 4.90 Å². The third-order valence-electron chi connectivity index (χ3n) is 5.67. The number of hydrogen-bond donors (Lipinski definition) is 1. The highest BCUT2D eigenvalue weighted by Crippen LogP contribution is 2.36. The standard InChI is InChI=1S/C22H22FN3OS/c1-15-3-5-17(6-4-15)20(27)26-21(28)19(16-7-9-18(23)10-8-16)24-22(26)11-13-25(2)14-12-22/h3-10H,11-14H2,1-2H3/p+1. The Morgan fingerprint density at radius 1 is 1.11 bits per heavy atom. The minimum Gasteiger partial charge on any atom is -0.337 e. The molecule has 2 aromatic rings. The topological polar surface area (TPSA) is 37.1 Å². The summed E-state index contributed by atoms with van der Waals surface area (Å²) in [6.07, 6.45) is 1.50. The van der Waals surface area contributed by atoms with E-state index < -0.39 is 5.66 Å². The maximum atomic E-state index is 13.5. The van der Waals surface area contributed by atoms with E-state index in [0.717, 1.165) is 37.1 Å². The van der Waals surface area contributed by atoms with Crippen molar-refractivity contribution in [3.63, 3.8) is 0 Å². The van der Waals surface area contributed by atoms with E-state index in [2.05, 4.69) is 7.05 Å². The van der Waals surface area contributed by atoms with Crippen LogP contribution in [-0.4, -0.2) is 47.3 Å². The van der Waals surface area contributed by atoms with Crippen molar-refractivity contribution >= 4 is 28.8 Å². The Labute approximate surface area is 169 Å². The van der Waals surface area contributed by atoms with E-state index in [9.17, 15) is 9.18 Å². The molecule has 0 atom stereocenters. The molecule has 28 heavy (non-hydrogen) atoms. The summed E-state index contributed by atoms with van der Waals surface area (Å²) in [6.45, 7) is 3.83. The number of rotatable bonds is 2. The van der Waals surface area contributed by atoms with Crippen molar-refractivity contribution in [2.75, 3.05) is 20.1 Å². The number of likely N-dealkylation sites (tertiary alicyclic amines) is 1. The zero-order valence-corrected chi connectivity index (χ0v) is 16.9. The zero-order chi connectivity index (χ0) is 19.9. The van der Waals surface area contributed by atoms with Gasteiger partial charge in [0.2, 0.25) is 0 Å². The number of carbonyl (C=O) groups excluding carboxylic acids is 1. The highest BCUT2D eigenvalue weighted by Gasteiger charge is 2.50. The molecule has 2 aliphatic heterocycles. The van der Waals surface area contributed by atoms with E-state index in [1.807, 2.05) is 31.2 Å². The van der Waals surface area contributed by atoms with Gasteiger partial charge in [-0.25, -0.2) is 4.39 Å². The minimum absolute atomic E-state index is 0.120. The lowest BCUT2D eigenvalue weighted by Gasteiger charge is -2.40. The quantitative estimate of drug-likeness (QED) is 0.792. The van der Waals surface area contributed by atoms with Gasteiger partial charge in [-0.15, -0.1) is 0 Å². The van der Waals surface area contributed by atoms with Crippen LogP contribution in [0.1, 0.15) is 34.3 Å². The van der Waals surface area contributed by atoms with Crippen LogP contribution in [0.3, 0.4) is 0 Å². The summed E-state index contributed by atoms with van der Waals surface area (Å²) in [4.78, 5) is 22.0. The third kappa shape index (κ3) is 3.27. The fraction of sp³-hybridized carbons (Fsp3) is 0.318. The maximum Gasteiger partial charge on any atom is 0.260 e. The fourth-order valence-corrected chi connectivity index (χ4v) is 4.33. The van der Waals surface area contributed by atoms with Gasteiger partial charge in [0.05, 0.1) is 20.1 Å². The number of benzene rings is 2. The van der Waals surface area contributed by atoms with E-state index >= 15 is 0 Å². The molecule has 2 aromatic carbocycles. The summed E-state index contributed by atoms with van der Waals surface area (Å²) in [7, 11) is 2.15. The molecule has 4 nitrogen and oxygen atoms in total. The maximum absolute atomic E-state index is 13.5. The number of hydrogen-bond acceptors (Lipinski definition) is 3. The minimum atomic E-state index is -0.651. The second kappa shape index (κ2) is 7.18. The van der Waals surface area contributed by atoms with Crippen LogP contribution in [0.2, 0.25) is 0 Å². The molecule has 2 heterocycles. The van der Waals surface area contributed by atoms with Gasteiger partial charge in [0.15, 0.2) is 5.66 Å². The first-order chi connectivity index (χ1) is 13.4. The molecule has 1 N–H and O–H groups in total. The van der Waals surface area contributed by atoms with Crippen molar-refractivity contribution in [3.8, 4) is 0 Å². The highest BCUT2D eigenvalue weighted by molar-refractivity contribution is 7.82.